The lowest BCUT2D eigenvalue weighted by molar-refractivity contribution is -0.123. The van der Waals surface area contributed by atoms with Crippen LogP contribution in [-0.4, -0.2) is 42.9 Å². The Kier molecular flexibility index (Phi) is 10.6. The Bertz CT molecular complexity index is 729. The van der Waals surface area contributed by atoms with Crippen molar-refractivity contribution in [2.24, 2.45) is 22.1 Å². The van der Waals surface area contributed by atoms with E-state index in [0.717, 1.165) is 51.5 Å². The maximum atomic E-state index is 11.5. The van der Waals surface area contributed by atoms with Gasteiger partial charge in [0, 0.05) is 26.2 Å². The molecule has 1 unspecified atom stereocenters. The molecule has 1 aromatic carbocycles. The highest BCUT2D eigenvalue weighted by Crippen LogP contribution is 2.43. The number of rotatable bonds is 9. The largest absolute Gasteiger partial charge is 0.369 e. The summed E-state index contributed by atoms with van der Waals surface area (Å²) in [5.41, 5.74) is 8.46. The summed E-state index contributed by atoms with van der Waals surface area (Å²) in [6, 6.07) is 8.64. The molecule has 1 aliphatic heterocycles. The SMILES string of the molecule is CCNC(=NCc1cccc(CN2CCCC(C(N)=O)C2)c1)NCC1(CC)CCC1.I. The van der Waals surface area contributed by atoms with Crippen LogP contribution >= 0.6 is 24.0 Å². The number of hydrogen-bond donors (Lipinski definition) is 3. The number of primary amides is 1. The van der Waals surface area contributed by atoms with Gasteiger partial charge in [-0.2, -0.15) is 0 Å². The maximum absolute atomic E-state index is 11.5. The molecule has 2 aliphatic rings. The molecular weight excluding hydrogens is 501 g/mol. The zero-order valence-corrected chi connectivity index (χ0v) is 21.5. The average molecular weight is 542 g/mol. The molecule has 0 bridgehead atoms. The summed E-state index contributed by atoms with van der Waals surface area (Å²) in [6.45, 7) is 9.58. The van der Waals surface area contributed by atoms with Crippen LogP contribution in [0, 0.1) is 11.3 Å². The molecule has 0 spiro atoms. The fourth-order valence-electron chi connectivity index (χ4n) is 4.63. The monoisotopic (exact) mass is 541 g/mol. The normalized spacial score (nSPS) is 21.0. The molecule has 1 atom stereocenters. The van der Waals surface area contributed by atoms with Crippen LogP contribution in [-0.2, 0) is 17.9 Å². The Morgan fingerprint density at radius 3 is 2.65 bits per heavy atom. The van der Waals surface area contributed by atoms with Gasteiger partial charge in [-0.1, -0.05) is 37.6 Å². The number of amides is 1. The number of aliphatic imine (C=N–C) groups is 1. The van der Waals surface area contributed by atoms with E-state index in [-0.39, 0.29) is 35.8 Å². The summed E-state index contributed by atoms with van der Waals surface area (Å²) in [5, 5.41) is 6.95. The second-order valence-electron chi connectivity index (χ2n) is 9.05. The third kappa shape index (κ3) is 7.63. The van der Waals surface area contributed by atoms with Crippen LogP contribution in [0.1, 0.15) is 63.5 Å². The highest BCUT2D eigenvalue weighted by molar-refractivity contribution is 14.0. The molecule has 31 heavy (non-hydrogen) atoms. The molecule has 1 saturated carbocycles. The first kappa shape index (κ1) is 25.9. The van der Waals surface area contributed by atoms with E-state index in [2.05, 4.69) is 53.6 Å². The number of guanidine groups is 1. The topological polar surface area (TPSA) is 82.8 Å². The number of carbonyl (C=O) groups excluding carboxylic acids is 1. The van der Waals surface area contributed by atoms with Gasteiger partial charge in [-0.05, 0) is 62.1 Å². The number of carbonyl (C=O) groups is 1. The second kappa shape index (κ2) is 12.6. The van der Waals surface area contributed by atoms with Crippen molar-refractivity contribution in [1.29, 1.82) is 0 Å². The van der Waals surface area contributed by atoms with Crippen LogP contribution in [0.15, 0.2) is 29.3 Å². The van der Waals surface area contributed by atoms with Crippen molar-refractivity contribution in [1.82, 2.24) is 15.5 Å². The second-order valence-corrected chi connectivity index (χ2v) is 9.05. The van der Waals surface area contributed by atoms with Crippen molar-refractivity contribution in [2.45, 2.75) is 65.5 Å². The summed E-state index contributed by atoms with van der Waals surface area (Å²) in [4.78, 5) is 18.7. The fraction of sp³-hybridized carbons (Fsp3) is 0.667. The Morgan fingerprint density at radius 1 is 1.23 bits per heavy atom. The van der Waals surface area contributed by atoms with Gasteiger partial charge in [0.25, 0.3) is 0 Å². The van der Waals surface area contributed by atoms with Gasteiger partial charge >= 0.3 is 0 Å². The van der Waals surface area contributed by atoms with E-state index in [9.17, 15) is 4.79 Å². The number of nitrogens with one attached hydrogen (secondary N) is 2. The predicted octanol–water partition coefficient (Wildman–Crippen LogP) is 3.64. The molecule has 4 N–H and O–H groups in total. The zero-order valence-electron chi connectivity index (χ0n) is 19.2. The van der Waals surface area contributed by atoms with Crippen molar-refractivity contribution < 1.29 is 4.79 Å². The van der Waals surface area contributed by atoms with Gasteiger partial charge in [0.1, 0.15) is 0 Å². The Morgan fingerprint density at radius 2 is 2.00 bits per heavy atom. The van der Waals surface area contributed by atoms with Crippen molar-refractivity contribution in [3.8, 4) is 0 Å². The maximum Gasteiger partial charge on any atom is 0.221 e. The molecule has 0 radical (unpaired) electrons. The summed E-state index contributed by atoms with van der Waals surface area (Å²) >= 11 is 0. The minimum atomic E-state index is -0.169. The molecule has 6 nitrogen and oxygen atoms in total. The molecule has 1 aliphatic carbocycles. The van der Waals surface area contributed by atoms with Gasteiger partial charge in [0.15, 0.2) is 5.96 Å². The number of likely N-dealkylation sites (tertiary alicyclic amines) is 1. The molecule has 7 heteroatoms. The molecule has 1 amide bonds. The third-order valence-corrected chi connectivity index (χ3v) is 6.86. The van der Waals surface area contributed by atoms with Crippen molar-refractivity contribution in [3.05, 3.63) is 35.4 Å². The van der Waals surface area contributed by atoms with Crippen LogP contribution in [0.5, 0.6) is 0 Å². The summed E-state index contributed by atoms with van der Waals surface area (Å²) in [7, 11) is 0. The Hall–Kier alpha value is -1.35. The quantitative estimate of drug-likeness (QED) is 0.253. The standard InChI is InChI=1S/C24H39N5O.HI/c1-3-24(11-7-12-24)18-28-23(26-4-2)27-15-19-8-5-9-20(14-19)16-29-13-6-10-21(17-29)22(25)30;/h5,8-9,14,21H,3-4,6-7,10-13,15-18H2,1-2H3,(H2,25,30)(H2,26,27,28);1H. The Balaban J connectivity index is 0.00000341. The first-order valence-corrected chi connectivity index (χ1v) is 11.7. The number of hydrogen-bond acceptors (Lipinski definition) is 3. The minimum absolute atomic E-state index is 0. The van der Waals surface area contributed by atoms with E-state index in [4.69, 9.17) is 10.7 Å². The summed E-state index contributed by atoms with van der Waals surface area (Å²) in [5.74, 6) is 0.725. The summed E-state index contributed by atoms with van der Waals surface area (Å²) in [6.07, 6.45) is 7.19. The lowest BCUT2D eigenvalue weighted by atomic mass is 9.67. The number of benzene rings is 1. The van der Waals surface area contributed by atoms with Crippen LogP contribution in [0.2, 0.25) is 0 Å². The molecule has 1 aromatic rings. The van der Waals surface area contributed by atoms with E-state index in [1.807, 2.05) is 0 Å². The number of nitrogens with zero attached hydrogens (tertiary/aromatic N) is 2. The van der Waals surface area contributed by atoms with Crippen LogP contribution in [0.25, 0.3) is 0 Å². The first-order valence-electron chi connectivity index (χ1n) is 11.7. The Labute approximate surface area is 204 Å². The van der Waals surface area contributed by atoms with Gasteiger partial charge in [-0.15, -0.1) is 24.0 Å². The zero-order chi connectivity index (χ0) is 21.4. The van der Waals surface area contributed by atoms with Crippen LogP contribution in [0.3, 0.4) is 0 Å². The van der Waals surface area contributed by atoms with Gasteiger partial charge in [-0.25, -0.2) is 4.99 Å². The molecule has 0 aromatic heterocycles. The van der Waals surface area contributed by atoms with E-state index in [1.54, 1.807) is 0 Å². The molecule has 1 saturated heterocycles. The summed E-state index contributed by atoms with van der Waals surface area (Å²) < 4.78 is 0. The van der Waals surface area contributed by atoms with Gasteiger partial charge in [0.05, 0.1) is 12.5 Å². The first-order chi connectivity index (χ1) is 14.5. The molecular formula is C24H40IN5O. The van der Waals surface area contributed by atoms with Crippen molar-refractivity contribution in [2.75, 3.05) is 26.2 Å². The lowest BCUT2D eigenvalue weighted by Crippen LogP contribution is -2.46. The highest BCUT2D eigenvalue weighted by Gasteiger charge is 2.34. The fourth-order valence-corrected chi connectivity index (χ4v) is 4.63. The number of halogens is 1. The number of nitrogens with two attached hydrogens (primary N) is 1. The van der Waals surface area contributed by atoms with Crippen LogP contribution < -0.4 is 16.4 Å². The molecule has 1 heterocycles. The van der Waals surface area contributed by atoms with E-state index in [0.29, 0.717) is 12.0 Å². The average Bonchev–Trinajstić information content (AvgIpc) is 2.72. The lowest BCUT2D eigenvalue weighted by Gasteiger charge is -2.41. The highest BCUT2D eigenvalue weighted by atomic mass is 127. The van der Waals surface area contributed by atoms with E-state index >= 15 is 0 Å². The van der Waals surface area contributed by atoms with Gasteiger partial charge < -0.3 is 16.4 Å². The van der Waals surface area contributed by atoms with Gasteiger partial charge in [0.2, 0.25) is 5.91 Å². The molecule has 174 valence electrons. The minimum Gasteiger partial charge on any atom is -0.369 e. The van der Waals surface area contributed by atoms with E-state index < -0.39 is 0 Å². The third-order valence-electron chi connectivity index (χ3n) is 6.86. The van der Waals surface area contributed by atoms with Crippen molar-refractivity contribution >= 4 is 35.8 Å². The van der Waals surface area contributed by atoms with Crippen molar-refractivity contribution in [3.63, 3.8) is 0 Å². The van der Waals surface area contributed by atoms with E-state index in [1.165, 1.54) is 36.8 Å². The van der Waals surface area contributed by atoms with Gasteiger partial charge in [-0.3, -0.25) is 9.69 Å². The molecule has 3 rings (SSSR count). The number of piperidine rings is 1. The predicted molar refractivity (Wildman–Crippen MR) is 138 cm³/mol. The molecule has 2 fully saturated rings. The van der Waals surface area contributed by atoms with Crippen LogP contribution in [0.4, 0.5) is 0 Å². The smallest absolute Gasteiger partial charge is 0.221 e.